The molecule has 0 aliphatic heterocycles. The first kappa shape index (κ1) is 20.1. The van der Waals surface area contributed by atoms with Gasteiger partial charge in [0.15, 0.2) is 0 Å². The van der Waals surface area contributed by atoms with Gasteiger partial charge in [0.1, 0.15) is 11.5 Å². The van der Waals surface area contributed by atoms with Crippen LogP contribution < -0.4 is 0 Å². The minimum absolute atomic E-state index is 0.161. The zero-order valence-corrected chi connectivity index (χ0v) is 13.6. The topological polar surface area (TPSA) is 25.8 Å². The van der Waals surface area contributed by atoms with Crippen LogP contribution in [-0.2, 0) is 0 Å². The molecule has 0 atom stereocenters. The first-order valence-electron chi connectivity index (χ1n) is 7.21. The van der Waals surface area contributed by atoms with Gasteiger partial charge in [0, 0.05) is 12.4 Å². The Hall–Kier alpha value is -1.91. The van der Waals surface area contributed by atoms with Gasteiger partial charge in [0.2, 0.25) is 0 Å². The Morgan fingerprint density at radius 3 is 2.00 bits per heavy atom. The van der Waals surface area contributed by atoms with Gasteiger partial charge in [0.25, 0.3) is 6.43 Å². The maximum atomic E-state index is 12.5. The number of nitrogens with zero attached hydrogens (tertiary/aromatic N) is 2. The Balaban J connectivity index is 0.000000360. The number of halogens is 3. The predicted molar refractivity (Wildman–Crippen MR) is 83.6 cm³/mol. The lowest BCUT2D eigenvalue weighted by Crippen LogP contribution is -1.89. The molecule has 2 heterocycles. The zero-order valence-electron chi connectivity index (χ0n) is 13.6. The first-order valence-corrected chi connectivity index (χ1v) is 7.21. The van der Waals surface area contributed by atoms with Gasteiger partial charge >= 0.3 is 0 Å². The van der Waals surface area contributed by atoms with Crippen molar-refractivity contribution in [2.75, 3.05) is 0 Å². The number of aryl methyl sites for hydroxylation is 1. The molecule has 122 valence electrons. The van der Waals surface area contributed by atoms with E-state index in [1.54, 1.807) is 12.3 Å². The lowest BCUT2D eigenvalue weighted by Gasteiger charge is -2.02. The molecular formula is C17H23F3N2. The van der Waals surface area contributed by atoms with E-state index < -0.39 is 6.43 Å². The third kappa shape index (κ3) is 7.76. The summed E-state index contributed by atoms with van der Waals surface area (Å²) in [7, 11) is 0. The molecule has 0 aliphatic carbocycles. The molecule has 0 spiro atoms. The van der Waals surface area contributed by atoms with Gasteiger partial charge in [-0.15, -0.1) is 0 Å². The average Bonchev–Trinajstić information content (AvgIpc) is 2.50. The highest BCUT2D eigenvalue weighted by molar-refractivity contribution is 5.13. The highest BCUT2D eigenvalue weighted by Gasteiger charge is 2.06. The summed E-state index contributed by atoms with van der Waals surface area (Å²) in [4.78, 5) is 7.26. The van der Waals surface area contributed by atoms with Gasteiger partial charge in [-0.05, 0) is 36.1 Å². The summed E-state index contributed by atoms with van der Waals surface area (Å²) in [5, 5.41) is 0. The molecule has 0 saturated heterocycles. The first-order chi connectivity index (χ1) is 10.4. The second kappa shape index (κ2) is 10.8. The summed E-state index contributed by atoms with van der Waals surface area (Å²) in [5.41, 5.74) is 1.68. The Bertz CT molecular complexity index is 526. The standard InChI is InChI=1S/C8H10FN.C7H7F2N.C2H6/c1-6(2)7-3-8(9)5-10-4-7;1-5-2-3-6(7(8)9)10-4-5;1-2/h3-6H,1-2H3;2-4,7H,1H3;1-2H3. The SMILES string of the molecule is CC.CC(C)c1cncc(F)c1.Cc1ccc(C(F)F)nc1. The lowest BCUT2D eigenvalue weighted by atomic mass is 10.1. The smallest absolute Gasteiger partial charge is 0.261 e. The van der Waals surface area contributed by atoms with Crippen LogP contribution in [0.2, 0.25) is 0 Å². The van der Waals surface area contributed by atoms with E-state index >= 15 is 0 Å². The van der Waals surface area contributed by atoms with E-state index in [1.165, 1.54) is 24.5 Å². The molecule has 2 aromatic rings. The van der Waals surface area contributed by atoms with Gasteiger partial charge in [0.05, 0.1) is 6.20 Å². The largest absolute Gasteiger partial charge is 0.280 e. The molecule has 0 aromatic carbocycles. The van der Waals surface area contributed by atoms with Crippen LogP contribution in [0, 0.1) is 12.7 Å². The highest BCUT2D eigenvalue weighted by atomic mass is 19.3. The monoisotopic (exact) mass is 312 g/mol. The molecular weight excluding hydrogens is 289 g/mol. The summed E-state index contributed by atoms with van der Waals surface area (Å²) in [6, 6.07) is 4.46. The minimum atomic E-state index is -2.46. The quantitative estimate of drug-likeness (QED) is 0.711. The van der Waals surface area contributed by atoms with Crippen molar-refractivity contribution >= 4 is 0 Å². The average molecular weight is 312 g/mol. The van der Waals surface area contributed by atoms with E-state index in [4.69, 9.17) is 0 Å². The molecule has 22 heavy (non-hydrogen) atoms. The van der Waals surface area contributed by atoms with Crippen LogP contribution >= 0.6 is 0 Å². The molecule has 0 amide bonds. The number of aromatic nitrogens is 2. The molecule has 0 bridgehead atoms. The number of rotatable bonds is 2. The molecule has 0 saturated carbocycles. The lowest BCUT2D eigenvalue weighted by molar-refractivity contribution is 0.146. The molecule has 2 rings (SSSR count). The summed E-state index contributed by atoms with van der Waals surface area (Å²) >= 11 is 0. The summed E-state index contributed by atoms with van der Waals surface area (Å²) in [6.07, 6.45) is 1.88. The Kier molecular flexibility index (Phi) is 9.83. The molecule has 2 aromatic heterocycles. The number of hydrogen-bond donors (Lipinski definition) is 0. The maximum Gasteiger partial charge on any atom is 0.280 e. The van der Waals surface area contributed by atoms with Crippen molar-refractivity contribution in [1.82, 2.24) is 9.97 Å². The number of pyridine rings is 2. The molecule has 5 heteroatoms. The number of alkyl halides is 2. The van der Waals surface area contributed by atoms with Gasteiger partial charge in [-0.3, -0.25) is 9.97 Å². The minimum Gasteiger partial charge on any atom is -0.261 e. The summed E-state index contributed by atoms with van der Waals surface area (Å²) in [5.74, 6) is 0.0920. The van der Waals surface area contributed by atoms with Crippen molar-refractivity contribution in [3.63, 3.8) is 0 Å². The van der Waals surface area contributed by atoms with E-state index in [1.807, 2.05) is 34.6 Å². The Morgan fingerprint density at radius 1 is 1.00 bits per heavy atom. The van der Waals surface area contributed by atoms with Crippen molar-refractivity contribution in [2.45, 2.75) is 47.0 Å². The summed E-state index contributed by atoms with van der Waals surface area (Å²) in [6.45, 7) is 9.83. The highest BCUT2D eigenvalue weighted by Crippen LogP contribution is 2.15. The Morgan fingerprint density at radius 2 is 1.64 bits per heavy atom. The van der Waals surface area contributed by atoms with Crippen LogP contribution in [0.3, 0.4) is 0 Å². The van der Waals surface area contributed by atoms with Crippen LogP contribution in [0.4, 0.5) is 13.2 Å². The molecule has 2 nitrogen and oxygen atoms in total. The second-order valence-corrected chi connectivity index (χ2v) is 4.65. The predicted octanol–water partition coefficient (Wildman–Crippen LogP) is 5.70. The van der Waals surface area contributed by atoms with Gasteiger partial charge in [-0.2, -0.15) is 0 Å². The second-order valence-electron chi connectivity index (χ2n) is 4.65. The van der Waals surface area contributed by atoms with Crippen LogP contribution in [0.25, 0.3) is 0 Å². The van der Waals surface area contributed by atoms with Gasteiger partial charge < -0.3 is 0 Å². The fourth-order valence-corrected chi connectivity index (χ4v) is 1.35. The van der Waals surface area contributed by atoms with Crippen molar-refractivity contribution in [3.05, 3.63) is 59.4 Å². The van der Waals surface area contributed by atoms with E-state index in [-0.39, 0.29) is 11.5 Å². The molecule has 0 unspecified atom stereocenters. The van der Waals surface area contributed by atoms with Gasteiger partial charge in [-0.1, -0.05) is 33.8 Å². The maximum absolute atomic E-state index is 12.5. The fourth-order valence-electron chi connectivity index (χ4n) is 1.35. The van der Waals surface area contributed by atoms with Crippen LogP contribution in [-0.4, -0.2) is 9.97 Å². The molecule has 0 fully saturated rings. The Labute approximate surface area is 130 Å². The fraction of sp³-hybridized carbons (Fsp3) is 0.412. The summed E-state index contributed by atoms with van der Waals surface area (Å²) < 4.78 is 36.1. The van der Waals surface area contributed by atoms with Crippen molar-refractivity contribution in [2.24, 2.45) is 0 Å². The van der Waals surface area contributed by atoms with Crippen molar-refractivity contribution in [3.8, 4) is 0 Å². The number of hydrogen-bond acceptors (Lipinski definition) is 2. The van der Waals surface area contributed by atoms with Crippen LogP contribution in [0.15, 0.2) is 36.8 Å². The molecule has 0 N–H and O–H groups in total. The van der Waals surface area contributed by atoms with E-state index in [2.05, 4.69) is 9.97 Å². The van der Waals surface area contributed by atoms with Gasteiger partial charge in [-0.25, -0.2) is 13.2 Å². The van der Waals surface area contributed by atoms with Crippen LogP contribution in [0.1, 0.15) is 56.9 Å². The van der Waals surface area contributed by atoms with Crippen LogP contribution in [0.5, 0.6) is 0 Å². The van der Waals surface area contributed by atoms with E-state index in [9.17, 15) is 13.2 Å². The molecule has 0 radical (unpaired) electrons. The van der Waals surface area contributed by atoms with E-state index in [0.717, 1.165) is 11.1 Å². The van der Waals surface area contributed by atoms with E-state index in [0.29, 0.717) is 5.92 Å². The zero-order chi connectivity index (χ0) is 17.1. The van der Waals surface area contributed by atoms with Crippen molar-refractivity contribution < 1.29 is 13.2 Å². The molecule has 0 aliphatic rings. The normalized spacial score (nSPS) is 9.73. The van der Waals surface area contributed by atoms with Crippen molar-refractivity contribution in [1.29, 1.82) is 0 Å². The third-order valence-electron chi connectivity index (χ3n) is 2.55. The third-order valence-corrected chi connectivity index (χ3v) is 2.55.